The second-order valence-electron chi connectivity index (χ2n) is 7.26. The molecule has 2 atom stereocenters. The maximum atomic E-state index is 12.9. The lowest BCUT2D eigenvalue weighted by atomic mass is 9.99. The summed E-state index contributed by atoms with van der Waals surface area (Å²) in [5, 5.41) is 11.0. The molecule has 1 amide bonds. The fraction of sp³-hybridized carbons (Fsp3) is 0.364. The fourth-order valence-corrected chi connectivity index (χ4v) is 3.88. The van der Waals surface area contributed by atoms with Crippen LogP contribution in [0.1, 0.15) is 36.0 Å². The van der Waals surface area contributed by atoms with Gasteiger partial charge in [0, 0.05) is 18.7 Å². The third-order valence-corrected chi connectivity index (χ3v) is 5.36. The Morgan fingerprint density at radius 2 is 1.97 bits per heavy atom. The lowest BCUT2D eigenvalue weighted by Crippen LogP contribution is -2.36. The molecule has 152 valence electrons. The molecule has 0 bridgehead atoms. The topological polar surface area (TPSA) is 89.2 Å². The number of Topliss-reactive ketones (excluding diaryl/α,β-unsaturated/α-hetero) is 1. The zero-order chi connectivity index (χ0) is 20.5. The Morgan fingerprint density at radius 1 is 1.21 bits per heavy atom. The van der Waals surface area contributed by atoms with Gasteiger partial charge in [0.2, 0.25) is 0 Å². The second kappa shape index (κ2) is 7.75. The fourth-order valence-electron chi connectivity index (χ4n) is 3.88. The van der Waals surface area contributed by atoms with Gasteiger partial charge in [-0.1, -0.05) is 0 Å². The van der Waals surface area contributed by atoms with E-state index in [9.17, 15) is 14.7 Å². The molecule has 7 heteroatoms. The van der Waals surface area contributed by atoms with Crippen molar-refractivity contribution >= 4 is 17.4 Å². The predicted molar refractivity (Wildman–Crippen MR) is 104 cm³/mol. The molecule has 2 aliphatic heterocycles. The Hall–Kier alpha value is -3.06. The number of methoxy groups -OCH3 is 1. The average molecular weight is 397 g/mol. The molecule has 2 fully saturated rings. The summed E-state index contributed by atoms with van der Waals surface area (Å²) in [5.74, 6) is 0.102. The molecule has 2 aliphatic rings. The van der Waals surface area contributed by atoms with Crippen molar-refractivity contribution in [3.8, 4) is 5.75 Å². The molecule has 2 aromatic rings. The van der Waals surface area contributed by atoms with Crippen LogP contribution in [0.2, 0.25) is 0 Å². The van der Waals surface area contributed by atoms with Gasteiger partial charge in [-0.05, 0) is 56.2 Å². The van der Waals surface area contributed by atoms with Gasteiger partial charge in [-0.2, -0.15) is 0 Å². The van der Waals surface area contributed by atoms with Crippen LogP contribution < -0.4 is 4.74 Å². The summed E-state index contributed by atoms with van der Waals surface area (Å²) in [6.07, 6.45) is 1.61. The molecule has 2 unspecified atom stereocenters. The first kappa shape index (κ1) is 19.3. The van der Waals surface area contributed by atoms with Gasteiger partial charge in [0.25, 0.3) is 11.7 Å². The summed E-state index contributed by atoms with van der Waals surface area (Å²) in [7, 11) is 1.55. The van der Waals surface area contributed by atoms with E-state index in [1.165, 1.54) is 4.90 Å². The van der Waals surface area contributed by atoms with Crippen LogP contribution in [0.5, 0.6) is 5.75 Å². The molecule has 29 heavy (non-hydrogen) atoms. The smallest absolute Gasteiger partial charge is 0.295 e. The number of ketones is 1. The quantitative estimate of drug-likeness (QED) is 0.473. The van der Waals surface area contributed by atoms with Gasteiger partial charge in [-0.3, -0.25) is 9.59 Å². The molecule has 2 saturated heterocycles. The first-order valence-electron chi connectivity index (χ1n) is 9.60. The Bertz CT molecular complexity index is 952. The van der Waals surface area contributed by atoms with Gasteiger partial charge in [-0.25, -0.2) is 0 Å². The van der Waals surface area contributed by atoms with E-state index in [0.29, 0.717) is 29.4 Å². The minimum Gasteiger partial charge on any atom is -0.507 e. The first-order chi connectivity index (χ1) is 14.0. The van der Waals surface area contributed by atoms with Gasteiger partial charge >= 0.3 is 0 Å². The van der Waals surface area contributed by atoms with Crippen LogP contribution in [0.3, 0.4) is 0 Å². The maximum absolute atomic E-state index is 12.9. The number of hydrogen-bond acceptors (Lipinski definition) is 6. The van der Waals surface area contributed by atoms with Gasteiger partial charge in [0.1, 0.15) is 29.1 Å². The van der Waals surface area contributed by atoms with Crippen molar-refractivity contribution < 1.29 is 28.6 Å². The molecule has 0 aliphatic carbocycles. The third kappa shape index (κ3) is 3.53. The minimum absolute atomic E-state index is 0.0208. The van der Waals surface area contributed by atoms with E-state index in [4.69, 9.17) is 13.9 Å². The molecule has 1 aromatic carbocycles. The Balaban J connectivity index is 1.78. The average Bonchev–Trinajstić information content (AvgIpc) is 3.45. The molecule has 1 N–H and O–H groups in total. The number of ether oxygens (including phenoxy) is 2. The number of carbonyl (C=O) groups excluding carboxylic acids is 2. The summed E-state index contributed by atoms with van der Waals surface area (Å²) in [6.45, 7) is 2.71. The van der Waals surface area contributed by atoms with Crippen LogP contribution in [0, 0.1) is 6.92 Å². The zero-order valence-electron chi connectivity index (χ0n) is 16.4. The van der Waals surface area contributed by atoms with E-state index in [2.05, 4.69) is 0 Å². The Kier molecular flexibility index (Phi) is 5.15. The van der Waals surface area contributed by atoms with Crippen LogP contribution >= 0.6 is 0 Å². The van der Waals surface area contributed by atoms with Gasteiger partial charge in [-0.15, -0.1) is 0 Å². The Morgan fingerprint density at radius 3 is 2.55 bits per heavy atom. The van der Waals surface area contributed by atoms with E-state index in [0.717, 1.165) is 12.8 Å². The van der Waals surface area contributed by atoms with Gasteiger partial charge in [0.15, 0.2) is 0 Å². The summed E-state index contributed by atoms with van der Waals surface area (Å²) in [6, 6.07) is 9.37. The van der Waals surface area contributed by atoms with E-state index >= 15 is 0 Å². The molecular formula is C22H23NO6. The van der Waals surface area contributed by atoms with Crippen molar-refractivity contribution in [1.82, 2.24) is 4.90 Å². The highest BCUT2D eigenvalue weighted by molar-refractivity contribution is 6.46. The minimum atomic E-state index is -0.796. The number of amides is 1. The highest BCUT2D eigenvalue weighted by atomic mass is 16.5. The van der Waals surface area contributed by atoms with Crippen LogP contribution in [0.15, 0.2) is 46.4 Å². The van der Waals surface area contributed by atoms with E-state index < -0.39 is 17.7 Å². The molecule has 0 spiro atoms. The number of hydrogen-bond donors (Lipinski definition) is 1. The number of nitrogens with zero attached hydrogens (tertiary/aromatic N) is 1. The Labute approximate surface area is 168 Å². The summed E-state index contributed by atoms with van der Waals surface area (Å²) in [4.78, 5) is 27.2. The number of aryl methyl sites for hydroxylation is 1. The van der Waals surface area contributed by atoms with Gasteiger partial charge in [0.05, 0.1) is 18.8 Å². The molecular weight excluding hydrogens is 374 g/mol. The molecule has 3 heterocycles. The lowest BCUT2D eigenvalue weighted by Gasteiger charge is -2.25. The van der Waals surface area contributed by atoms with Crippen LogP contribution in [-0.4, -0.2) is 48.1 Å². The number of carbonyl (C=O) groups is 2. The second-order valence-corrected chi connectivity index (χ2v) is 7.26. The number of aliphatic hydroxyl groups excluding tert-OH is 1. The van der Waals surface area contributed by atoms with Crippen molar-refractivity contribution in [3.05, 3.63) is 59.1 Å². The first-order valence-corrected chi connectivity index (χ1v) is 9.60. The van der Waals surface area contributed by atoms with Crippen molar-refractivity contribution in [1.29, 1.82) is 0 Å². The SMILES string of the molecule is COc1ccc(/C(O)=C2\C(=O)C(=O)N(CC3CCCO3)C2c2ccc(C)o2)cc1. The molecule has 1 aromatic heterocycles. The van der Waals surface area contributed by atoms with Crippen LogP contribution in [0.4, 0.5) is 0 Å². The van der Waals surface area contributed by atoms with E-state index in [1.807, 2.05) is 0 Å². The number of likely N-dealkylation sites (tertiary alicyclic amines) is 1. The van der Waals surface area contributed by atoms with Crippen molar-refractivity contribution in [2.45, 2.75) is 31.9 Å². The normalized spacial score (nSPS) is 23.7. The van der Waals surface area contributed by atoms with Crippen molar-refractivity contribution in [2.75, 3.05) is 20.3 Å². The number of rotatable bonds is 5. The number of furan rings is 1. The largest absolute Gasteiger partial charge is 0.507 e. The molecule has 0 radical (unpaired) electrons. The molecule has 7 nitrogen and oxygen atoms in total. The summed E-state index contributed by atoms with van der Waals surface area (Å²) in [5.41, 5.74) is 0.446. The van der Waals surface area contributed by atoms with E-state index in [-0.39, 0.29) is 24.0 Å². The molecule has 4 rings (SSSR count). The lowest BCUT2D eigenvalue weighted by molar-refractivity contribution is -0.141. The third-order valence-electron chi connectivity index (χ3n) is 5.36. The van der Waals surface area contributed by atoms with Crippen molar-refractivity contribution in [3.63, 3.8) is 0 Å². The van der Waals surface area contributed by atoms with Crippen molar-refractivity contribution in [2.24, 2.45) is 0 Å². The number of benzene rings is 1. The predicted octanol–water partition coefficient (Wildman–Crippen LogP) is 3.20. The molecule has 0 saturated carbocycles. The van der Waals surface area contributed by atoms with Crippen LogP contribution in [0.25, 0.3) is 5.76 Å². The van der Waals surface area contributed by atoms with Crippen LogP contribution in [-0.2, 0) is 14.3 Å². The standard InChI is InChI=1S/C22H23NO6/c1-13-5-10-17(29-13)19-18(20(24)14-6-8-15(27-2)9-7-14)21(25)22(26)23(19)12-16-4-3-11-28-16/h5-10,16,19,24H,3-4,11-12H2,1-2H3/b20-18+. The number of aliphatic hydroxyl groups is 1. The van der Waals surface area contributed by atoms with E-state index in [1.54, 1.807) is 50.4 Å². The van der Waals surface area contributed by atoms with Gasteiger partial charge < -0.3 is 23.9 Å². The summed E-state index contributed by atoms with van der Waals surface area (Å²) >= 11 is 0. The maximum Gasteiger partial charge on any atom is 0.295 e. The zero-order valence-corrected chi connectivity index (χ0v) is 16.4. The highest BCUT2D eigenvalue weighted by Gasteiger charge is 2.48. The summed E-state index contributed by atoms with van der Waals surface area (Å²) < 4.78 is 16.6. The highest BCUT2D eigenvalue weighted by Crippen LogP contribution is 2.40. The monoisotopic (exact) mass is 397 g/mol.